The van der Waals surface area contributed by atoms with Crippen molar-refractivity contribution in [3.8, 4) is 5.69 Å². The molecule has 0 spiro atoms. The van der Waals surface area contributed by atoms with Gasteiger partial charge in [0, 0.05) is 6.07 Å². The Morgan fingerprint density at radius 1 is 1.36 bits per heavy atom. The maximum Gasteiger partial charge on any atom is 0.347 e. The van der Waals surface area contributed by atoms with Crippen molar-refractivity contribution in [2.75, 3.05) is 0 Å². The van der Waals surface area contributed by atoms with Gasteiger partial charge in [-0.05, 0) is 26.0 Å². The number of amides is 2. The van der Waals surface area contributed by atoms with Gasteiger partial charge in [-0.2, -0.15) is 5.10 Å². The molecule has 1 atom stereocenters. The van der Waals surface area contributed by atoms with Gasteiger partial charge >= 0.3 is 6.03 Å². The van der Waals surface area contributed by atoms with E-state index >= 15 is 0 Å². The first kappa shape index (κ1) is 16.1. The zero-order chi connectivity index (χ0) is 16.5. The van der Waals surface area contributed by atoms with Crippen LogP contribution in [-0.4, -0.2) is 25.1 Å². The van der Waals surface area contributed by atoms with Crippen LogP contribution in [0, 0.1) is 0 Å². The van der Waals surface area contributed by atoms with Crippen molar-refractivity contribution < 1.29 is 14.1 Å². The van der Waals surface area contributed by atoms with Crippen LogP contribution in [0.5, 0.6) is 0 Å². The largest absolute Gasteiger partial charge is 0.384 e. The van der Waals surface area contributed by atoms with Gasteiger partial charge in [-0.25, -0.2) is 18.8 Å². The Balaban J connectivity index is 2.71. The zero-order valence-electron chi connectivity index (χ0n) is 12.1. The molecule has 1 unspecified atom stereocenters. The maximum absolute atomic E-state index is 12.3. The summed E-state index contributed by atoms with van der Waals surface area (Å²) in [5.74, 6) is 0. The molecule has 0 saturated carbocycles. The molecule has 0 saturated heterocycles. The summed E-state index contributed by atoms with van der Waals surface area (Å²) in [7, 11) is -3.57. The SMILES string of the molecule is CC(C)(O)c1cc(S(N)(=O)=NC(N)=O)nn1-c1ccccc1. The third kappa shape index (κ3) is 3.32. The van der Waals surface area contributed by atoms with Crippen LogP contribution < -0.4 is 10.9 Å². The molecule has 2 aromatic rings. The first-order valence-electron chi connectivity index (χ1n) is 6.34. The summed E-state index contributed by atoms with van der Waals surface area (Å²) in [6, 6.07) is 9.13. The third-order valence-electron chi connectivity index (χ3n) is 2.84. The minimum absolute atomic E-state index is 0.132. The fourth-order valence-electron chi connectivity index (χ4n) is 1.88. The second-order valence-electron chi connectivity index (χ2n) is 5.17. The summed E-state index contributed by atoms with van der Waals surface area (Å²) < 4.78 is 16.9. The fraction of sp³-hybridized carbons (Fsp3) is 0.231. The molecule has 22 heavy (non-hydrogen) atoms. The topological polar surface area (TPSA) is 137 Å². The second kappa shape index (κ2) is 5.52. The predicted octanol–water partition coefficient (Wildman–Crippen LogP) is 0.879. The number of carbonyl (C=O) groups is 1. The van der Waals surface area contributed by atoms with Crippen LogP contribution in [0.4, 0.5) is 4.79 Å². The average molecular weight is 323 g/mol. The van der Waals surface area contributed by atoms with Crippen LogP contribution >= 0.6 is 0 Å². The first-order chi connectivity index (χ1) is 10.1. The first-order valence-corrected chi connectivity index (χ1v) is 7.92. The highest BCUT2D eigenvalue weighted by Crippen LogP contribution is 2.25. The number of carbonyl (C=O) groups excluding carboxylic acids is 1. The van der Waals surface area contributed by atoms with Gasteiger partial charge in [0.15, 0.2) is 14.9 Å². The van der Waals surface area contributed by atoms with Crippen molar-refractivity contribution in [1.82, 2.24) is 9.78 Å². The molecule has 9 heteroatoms. The molecule has 118 valence electrons. The maximum atomic E-state index is 12.3. The van der Waals surface area contributed by atoms with E-state index in [2.05, 4.69) is 9.46 Å². The summed E-state index contributed by atoms with van der Waals surface area (Å²) in [5, 5.41) is 19.8. The number of rotatable bonds is 3. The molecule has 0 fully saturated rings. The van der Waals surface area contributed by atoms with E-state index in [-0.39, 0.29) is 5.03 Å². The van der Waals surface area contributed by atoms with Crippen LogP contribution in [0.2, 0.25) is 0 Å². The molecule has 0 radical (unpaired) electrons. The lowest BCUT2D eigenvalue weighted by molar-refractivity contribution is 0.0711. The van der Waals surface area contributed by atoms with Crippen LogP contribution in [0.15, 0.2) is 45.8 Å². The van der Waals surface area contributed by atoms with Gasteiger partial charge in [0.2, 0.25) is 0 Å². The van der Waals surface area contributed by atoms with E-state index in [1.165, 1.54) is 10.7 Å². The molecule has 0 aliphatic rings. The van der Waals surface area contributed by atoms with E-state index in [0.29, 0.717) is 11.4 Å². The van der Waals surface area contributed by atoms with Crippen molar-refractivity contribution in [2.24, 2.45) is 15.2 Å². The van der Waals surface area contributed by atoms with Gasteiger partial charge in [0.05, 0.1) is 11.4 Å². The van der Waals surface area contributed by atoms with Gasteiger partial charge in [-0.1, -0.05) is 18.2 Å². The van der Waals surface area contributed by atoms with Crippen molar-refractivity contribution in [3.05, 3.63) is 42.1 Å². The molecule has 2 rings (SSSR count). The van der Waals surface area contributed by atoms with Crippen molar-refractivity contribution in [3.63, 3.8) is 0 Å². The van der Waals surface area contributed by atoms with Crippen molar-refractivity contribution in [1.29, 1.82) is 0 Å². The van der Waals surface area contributed by atoms with E-state index in [9.17, 15) is 14.1 Å². The molecule has 1 heterocycles. The smallest absolute Gasteiger partial charge is 0.347 e. The molecule has 2 amide bonds. The number of aromatic nitrogens is 2. The van der Waals surface area contributed by atoms with Crippen LogP contribution in [0.1, 0.15) is 19.5 Å². The zero-order valence-corrected chi connectivity index (χ0v) is 12.9. The van der Waals surface area contributed by atoms with Gasteiger partial charge in [-0.3, -0.25) is 0 Å². The van der Waals surface area contributed by atoms with E-state index in [1.807, 2.05) is 6.07 Å². The van der Waals surface area contributed by atoms with Crippen LogP contribution in [0.3, 0.4) is 0 Å². The van der Waals surface area contributed by atoms with E-state index in [1.54, 1.807) is 38.1 Å². The molecule has 8 nitrogen and oxygen atoms in total. The standard InChI is InChI=1S/C13H17N5O3S/c1-13(2,20)10-8-11(22(15,21)17-12(14)19)16-18(10)9-6-4-3-5-7-9/h3-8,20H,1-2H3,(H4,14,15,17,19,21). The molecule has 0 aliphatic carbocycles. The minimum Gasteiger partial charge on any atom is -0.384 e. The predicted molar refractivity (Wildman–Crippen MR) is 81.4 cm³/mol. The lowest BCUT2D eigenvalue weighted by Gasteiger charge is -2.18. The van der Waals surface area contributed by atoms with Crippen molar-refractivity contribution >= 4 is 15.9 Å². The van der Waals surface area contributed by atoms with Crippen LogP contribution in [-0.2, 0) is 15.5 Å². The third-order valence-corrected chi connectivity index (χ3v) is 4.09. The van der Waals surface area contributed by atoms with Crippen molar-refractivity contribution in [2.45, 2.75) is 24.5 Å². The number of primary amides is 1. The highest BCUT2D eigenvalue weighted by Gasteiger charge is 2.26. The summed E-state index contributed by atoms with van der Waals surface area (Å²) in [4.78, 5) is 10.9. The number of aliphatic hydroxyl groups is 1. The summed E-state index contributed by atoms with van der Waals surface area (Å²) >= 11 is 0. The molecule has 1 aromatic heterocycles. The Labute approximate surface area is 128 Å². The van der Waals surface area contributed by atoms with E-state index in [0.717, 1.165) is 0 Å². The number of nitrogens with zero attached hydrogens (tertiary/aromatic N) is 3. The highest BCUT2D eigenvalue weighted by atomic mass is 32.2. The summed E-state index contributed by atoms with van der Waals surface area (Å²) in [6.45, 7) is 3.10. The molecule has 0 bridgehead atoms. The minimum atomic E-state index is -3.57. The average Bonchev–Trinajstić information content (AvgIpc) is 2.84. The monoisotopic (exact) mass is 323 g/mol. The molecular formula is C13H17N5O3S. The fourth-order valence-corrected chi connectivity index (χ4v) is 2.72. The normalized spacial score (nSPS) is 14.4. The molecular weight excluding hydrogens is 306 g/mol. The number of hydrogen-bond donors (Lipinski definition) is 3. The van der Waals surface area contributed by atoms with E-state index in [4.69, 9.17) is 10.9 Å². The van der Waals surface area contributed by atoms with Gasteiger partial charge in [-0.15, -0.1) is 4.36 Å². The van der Waals surface area contributed by atoms with E-state index < -0.39 is 21.5 Å². The lowest BCUT2D eigenvalue weighted by Crippen LogP contribution is -2.20. The van der Waals surface area contributed by atoms with Gasteiger partial charge in [0.1, 0.15) is 5.60 Å². The number of para-hydroxylation sites is 1. The van der Waals surface area contributed by atoms with Crippen LogP contribution in [0.25, 0.3) is 5.69 Å². The number of hydrogen-bond acceptors (Lipinski definition) is 4. The lowest BCUT2D eigenvalue weighted by atomic mass is 10.1. The quantitative estimate of drug-likeness (QED) is 0.772. The van der Waals surface area contributed by atoms with Gasteiger partial charge < -0.3 is 10.8 Å². The number of benzene rings is 1. The highest BCUT2D eigenvalue weighted by molar-refractivity contribution is 7.91. The number of urea groups is 1. The summed E-state index contributed by atoms with van der Waals surface area (Å²) in [5.41, 5.74) is 4.63. The number of nitrogens with two attached hydrogens (primary N) is 2. The molecule has 1 aromatic carbocycles. The second-order valence-corrected chi connectivity index (χ2v) is 6.91. The Hall–Kier alpha value is -2.23. The van der Waals surface area contributed by atoms with Gasteiger partial charge in [0.25, 0.3) is 0 Å². The molecule has 0 aliphatic heterocycles. The Morgan fingerprint density at radius 2 is 1.95 bits per heavy atom. The Kier molecular flexibility index (Phi) is 4.05. The Bertz CT molecular complexity index is 814. The molecule has 5 N–H and O–H groups in total. The Morgan fingerprint density at radius 3 is 2.45 bits per heavy atom. The summed E-state index contributed by atoms with van der Waals surface area (Å²) in [6.07, 6.45) is 0.